The van der Waals surface area contributed by atoms with Gasteiger partial charge in [-0.1, -0.05) is 6.07 Å². The van der Waals surface area contributed by atoms with Gasteiger partial charge in [-0.3, -0.25) is 4.90 Å². The number of aromatic nitrogens is 2. The molecule has 4 nitrogen and oxygen atoms in total. The molecule has 0 unspecified atom stereocenters. The lowest BCUT2D eigenvalue weighted by atomic mass is 10.1. The molecule has 0 atom stereocenters. The summed E-state index contributed by atoms with van der Waals surface area (Å²) in [5.74, 6) is -2.60. The van der Waals surface area contributed by atoms with Crippen molar-refractivity contribution in [2.45, 2.75) is 19.5 Å². The first-order chi connectivity index (χ1) is 12.1. The lowest BCUT2D eigenvalue weighted by Gasteiger charge is -2.28. The maximum atomic E-state index is 13.8. The molecule has 0 bridgehead atoms. The zero-order chi connectivity index (χ0) is 17.4. The number of fused-ring (bicyclic) bond motifs is 1. The molecule has 0 saturated heterocycles. The fraction of sp³-hybridized carbons (Fsp3) is 0.222. The fourth-order valence-corrected chi connectivity index (χ4v) is 2.96. The molecule has 128 valence electrons. The zero-order valence-corrected chi connectivity index (χ0v) is 13.2. The molecule has 1 aliphatic heterocycles. The maximum Gasteiger partial charge on any atom is 0.195 e. The Morgan fingerprint density at radius 3 is 2.80 bits per heavy atom. The van der Waals surface area contributed by atoms with Gasteiger partial charge in [0.15, 0.2) is 29.0 Å². The van der Waals surface area contributed by atoms with Crippen LogP contribution in [0.5, 0.6) is 0 Å². The highest BCUT2D eigenvalue weighted by molar-refractivity contribution is 5.47. The normalized spacial score (nSPS) is 14.5. The predicted molar refractivity (Wildman–Crippen MR) is 83.9 cm³/mol. The summed E-state index contributed by atoms with van der Waals surface area (Å²) >= 11 is 0. The molecular weight excluding hydrogens is 331 g/mol. The highest BCUT2D eigenvalue weighted by Gasteiger charge is 2.22. The average Bonchev–Trinajstić information content (AvgIpc) is 3.16. The third-order valence-corrected chi connectivity index (χ3v) is 4.26. The van der Waals surface area contributed by atoms with E-state index in [-0.39, 0.29) is 12.1 Å². The second kappa shape index (κ2) is 6.33. The first-order valence-electron chi connectivity index (χ1n) is 7.85. The Morgan fingerprint density at radius 1 is 1.12 bits per heavy atom. The number of hydrogen-bond donors (Lipinski definition) is 0. The Balaban J connectivity index is 1.53. The second-order valence-electron chi connectivity index (χ2n) is 5.94. The summed E-state index contributed by atoms with van der Waals surface area (Å²) in [6.45, 7) is 1.36. The van der Waals surface area contributed by atoms with Gasteiger partial charge in [-0.05, 0) is 18.2 Å². The van der Waals surface area contributed by atoms with E-state index in [0.29, 0.717) is 31.1 Å². The third-order valence-electron chi connectivity index (χ3n) is 4.26. The van der Waals surface area contributed by atoms with E-state index in [0.717, 1.165) is 17.3 Å². The summed E-state index contributed by atoms with van der Waals surface area (Å²) < 4.78 is 45.6. The third kappa shape index (κ3) is 3.02. The van der Waals surface area contributed by atoms with Gasteiger partial charge < -0.3 is 4.42 Å². The summed E-state index contributed by atoms with van der Waals surface area (Å²) in [6.07, 6.45) is 3.96. The van der Waals surface area contributed by atoms with E-state index >= 15 is 0 Å². The van der Waals surface area contributed by atoms with Crippen LogP contribution < -0.4 is 0 Å². The summed E-state index contributed by atoms with van der Waals surface area (Å²) in [5.41, 5.74) is 1.99. The molecule has 0 radical (unpaired) electrons. The molecule has 25 heavy (non-hydrogen) atoms. The van der Waals surface area contributed by atoms with Crippen LogP contribution in [0.2, 0.25) is 0 Å². The number of halogens is 3. The van der Waals surface area contributed by atoms with Crippen molar-refractivity contribution in [2.75, 3.05) is 6.54 Å². The lowest BCUT2D eigenvalue weighted by Crippen LogP contribution is -2.31. The van der Waals surface area contributed by atoms with Gasteiger partial charge in [-0.2, -0.15) is 0 Å². The molecule has 1 aliphatic rings. The highest BCUT2D eigenvalue weighted by atomic mass is 19.2. The van der Waals surface area contributed by atoms with Gasteiger partial charge in [-0.15, -0.1) is 0 Å². The van der Waals surface area contributed by atoms with Crippen molar-refractivity contribution >= 4 is 0 Å². The minimum absolute atomic E-state index is 0.135. The molecular formula is C18H14F3N3O. The van der Waals surface area contributed by atoms with E-state index in [4.69, 9.17) is 4.42 Å². The van der Waals surface area contributed by atoms with E-state index in [9.17, 15) is 13.2 Å². The molecule has 1 aromatic carbocycles. The maximum absolute atomic E-state index is 13.8. The van der Waals surface area contributed by atoms with E-state index in [1.54, 1.807) is 24.6 Å². The van der Waals surface area contributed by atoms with Crippen LogP contribution in [0.3, 0.4) is 0 Å². The Labute approximate surface area is 141 Å². The van der Waals surface area contributed by atoms with Crippen molar-refractivity contribution in [2.24, 2.45) is 0 Å². The summed E-state index contributed by atoms with van der Waals surface area (Å²) in [4.78, 5) is 10.8. The molecule has 3 heterocycles. The van der Waals surface area contributed by atoms with Gasteiger partial charge in [0.25, 0.3) is 0 Å². The largest absolute Gasteiger partial charge is 0.461 e. The standard InChI is InChI=1S/C18H14F3N3O/c19-13-4-3-11(16(20)17(13)21)9-24-6-5-14-12(10-24)8-22-18(23-14)15-2-1-7-25-15/h1-4,7-8H,5-6,9-10H2. The van der Waals surface area contributed by atoms with Crippen molar-refractivity contribution in [1.82, 2.24) is 14.9 Å². The molecule has 0 saturated carbocycles. The smallest absolute Gasteiger partial charge is 0.195 e. The van der Waals surface area contributed by atoms with Crippen molar-refractivity contribution in [1.29, 1.82) is 0 Å². The number of furan rings is 1. The topological polar surface area (TPSA) is 42.2 Å². The van der Waals surface area contributed by atoms with Crippen molar-refractivity contribution in [3.63, 3.8) is 0 Å². The summed E-state index contributed by atoms with van der Waals surface area (Å²) in [6, 6.07) is 5.79. The Bertz CT molecular complexity index is 912. The number of nitrogens with zero attached hydrogens (tertiary/aromatic N) is 3. The fourth-order valence-electron chi connectivity index (χ4n) is 2.96. The molecule has 0 N–H and O–H groups in total. The second-order valence-corrected chi connectivity index (χ2v) is 5.94. The lowest BCUT2D eigenvalue weighted by molar-refractivity contribution is 0.238. The van der Waals surface area contributed by atoms with Crippen LogP contribution in [-0.2, 0) is 19.5 Å². The first kappa shape index (κ1) is 15.8. The van der Waals surface area contributed by atoms with Gasteiger partial charge in [0, 0.05) is 43.4 Å². The molecule has 3 aromatic rings. The molecule has 0 aliphatic carbocycles. The first-order valence-corrected chi connectivity index (χ1v) is 7.85. The van der Waals surface area contributed by atoms with E-state index in [1.807, 2.05) is 4.90 Å². The molecule has 0 fully saturated rings. The van der Waals surface area contributed by atoms with Crippen LogP contribution in [-0.4, -0.2) is 21.4 Å². The van der Waals surface area contributed by atoms with Gasteiger partial charge in [-0.25, -0.2) is 23.1 Å². The van der Waals surface area contributed by atoms with Crippen LogP contribution in [0, 0.1) is 17.5 Å². The average molecular weight is 345 g/mol. The Morgan fingerprint density at radius 2 is 2.00 bits per heavy atom. The number of rotatable bonds is 3. The van der Waals surface area contributed by atoms with E-state index in [1.165, 1.54) is 6.07 Å². The SMILES string of the molecule is Fc1ccc(CN2CCc3nc(-c4ccco4)ncc3C2)c(F)c1F. The Hall–Kier alpha value is -2.67. The predicted octanol–water partition coefficient (Wildman–Crippen LogP) is 3.71. The van der Waals surface area contributed by atoms with Crippen molar-refractivity contribution < 1.29 is 17.6 Å². The Kier molecular flexibility index (Phi) is 4.01. The van der Waals surface area contributed by atoms with Crippen molar-refractivity contribution in [3.8, 4) is 11.6 Å². The van der Waals surface area contributed by atoms with Gasteiger partial charge in [0.1, 0.15) is 0 Å². The van der Waals surface area contributed by atoms with Gasteiger partial charge in [0.05, 0.1) is 12.0 Å². The zero-order valence-electron chi connectivity index (χ0n) is 13.2. The quantitative estimate of drug-likeness (QED) is 0.679. The molecule has 2 aromatic heterocycles. The minimum Gasteiger partial charge on any atom is -0.461 e. The van der Waals surface area contributed by atoms with Crippen LogP contribution >= 0.6 is 0 Å². The monoisotopic (exact) mass is 345 g/mol. The van der Waals surface area contributed by atoms with Crippen LogP contribution in [0.25, 0.3) is 11.6 Å². The molecule has 7 heteroatoms. The van der Waals surface area contributed by atoms with Gasteiger partial charge >= 0.3 is 0 Å². The minimum atomic E-state index is -1.43. The number of benzene rings is 1. The van der Waals surface area contributed by atoms with Crippen LogP contribution in [0.15, 0.2) is 41.1 Å². The van der Waals surface area contributed by atoms with Crippen LogP contribution in [0.4, 0.5) is 13.2 Å². The van der Waals surface area contributed by atoms with Crippen LogP contribution in [0.1, 0.15) is 16.8 Å². The molecule has 0 amide bonds. The van der Waals surface area contributed by atoms with E-state index < -0.39 is 17.5 Å². The molecule has 4 rings (SSSR count). The number of hydrogen-bond acceptors (Lipinski definition) is 4. The van der Waals surface area contributed by atoms with E-state index in [2.05, 4.69) is 9.97 Å². The molecule has 0 spiro atoms. The highest BCUT2D eigenvalue weighted by Crippen LogP contribution is 2.23. The summed E-state index contributed by atoms with van der Waals surface area (Å²) in [7, 11) is 0. The summed E-state index contributed by atoms with van der Waals surface area (Å²) in [5, 5.41) is 0. The van der Waals surface area contributed by atoms with Gasteiger partial charge in [0.2, 0.25) is 0 Å². The van der Waals surface area contributed by atoms with Crippen molar-refractivity contribution in [3.05, 3.63) is 71.0 Å².